The minimum atomic E-state index is 0.518. The normalized spacial score (nSPS) is 9.35. The SMILES string of the molecule is Nc1cc(Cl)ccc1Cl.Nc1cccc(Cl)c1. The van der Waals surface area contributed by atoms with Crippen LogP contribution in [0.5, 0.6) is 0 Å². The van der Waals surface area contributed by atoms with Gasteiger partial charge in [0.25, 0.3) is 0 Å². The summed E-state index contributed by atoms with van der Waals surface area (Å²) < 4.78 is 0. The smallest absolute Gasteiger partial charge is 0.0636 e. The first-order chi connectivity index (χ1) is 7.99. The maximum atomic E-state index is 5.60. The average molecular weight is 290 g/mol. The summed E-state index contributed by atoms with van der Waals surface area (Å²) in [5.41, 5.74) is 12.0. The van der Waals surface area contributed by atoms with E-state index in [1.165, 1.54) is 0 Å². The molecule has 0 aliphatic heterocycles. The first kappa shape index (κ1) is 14.0. The van der Waals surface area contributed by atoms with Gasteiger partial charge in [-0.3, -0.25) is 0 Å². The molecule has 0 amide bonds. The van der Waals surface area contributed by atoms with Gasteiger partial charge in [0.1, 0.15) is 0 Å². The van der Waals surface area contributed by atoms with Crippen molar-refractivity contribution in [1.82, 2.24) is 0 Å². The van der Waals surface area contributed by atoms with Crippen molar-refractivity contribution in [3.63, 3.8) is 0 Å². The van der Waals surface area contributed by atoms with E-state index in [-0.39, 0.29) is 0 Å². The largest absolute Gasteiger partial charge is 0.399 e. The minimum absolute atomic E-state index is 0.518. The second kappa shape index (κ2) is 6.60. The number of hydrogen-bond acceptors (Lipinski definition) is 2. The third-order valence-corrected chi connectivity index (χ3v) is 2.62. The Balaban J connectivity index is 0.000000171. The molecule has 0 saturated carbocycles. The van der Waals surface area contributed by atoms with Gasteiger partial charge in [0.2, 0.25) is 0 Å². The average Bonchev–Trinajstić information content (AvgIpc) is 2.24. The van der Waals surface area contributed by atoms with Crippen LogP contribution >= 0.6 is 34.8 Å². The fourth-order valence-corrected chi connectivity index (χ4v) is 1.52. The molecule has 2 aromatic carbocycles. The molecule has 2 aromatic rings. The number of halogens is 3. The Morgan fingerprint density at radius 2 is 1.41 bits per heavy atom. The van der Waals surface area contributed by atoms with Crippen LogP contribution in [0, 0.1) is 0 Å². The van der Waals surface area contributed by atoms with E-state index >= 15 is 0 Å². The quantitative estimate of drug-likeness (QED) is 0.702. The Labute approximate surface area is 115 Å². The van der Waals surface area contributed by atoms with E-state index in [9.17, 15) is 0 Å². The summed E-state index contributed by atoms with van der Waals surface area (Å²) >= 11 is 16.7. The summed E-state index contributed by atoms with van der Waals surface area (Å²) in [6.07, 6.45) is 0. The summed E-state index contributed by atoms with van der Waals surface area (Å²) in [4.78, 5) is 0. The van der Waals surface area contributed by atoms with Gasteiger partial charge in [-0.15, -0.1) is 0 Å². The molecule has 2 nitrogen and oxygen atoms in total. The first-order valence-corrected chi connectivity index (χ1v) is 5.84. The molecular formula is C12H11Cl3N2. The lowest BCUT2D eigenvalue weighted by atomic mass is 10.3. The minimum Gasteiger partial charge on any atom is -0.399 e. The van der Waals surface area contributed by atoms with Crippen LogP contribution in [-0.4, -0.2) is 0 Å². The van der Waals surface area contributed by atoms with Gasteiger partial charge in [-0.25, -0.2) is 0 Å². The zero-order valence-corrected chi connectivity index (χ0v) is 11.1. The monoisotopic (exact) mass is 288 g/mol. The van der Waals surface area contributed by atoms with Gasteiger partial charge < -0.3 is 11.5 Å². The number of nitrogens with two attached hydrogens (primary N) is 2. The predicted molar refractivity (Wildman–Crippen MR) is 76.7 cm³/mol. The lowest BCUT2D eigenvalue weighted by molar-refractivity contribution is 1.68. The van der Waals surface area contributed by atoms with Gasteiger partial charge in [-0.1, -0.05) is 40.9 Å². The van der Waals surface area contributed by atoms with Gasteiger partial charge in [-0.05, 0) is 36.4 Å². The predicted octanol–water partition coefficient (Wildman–Crippen LogP) is 4.50. The summed E-state index contributed by atoms with van der Waals surface area (Å²) in [7, 11) is 0. The molecule has 0 unspecified atom stereocenters. The standard InChI is InChI=1S/C6H5Cl2N.C6H6ClN/c7-4-1-2-5(8)6(9)3-4;7-5-2-1-3-6(8)4-5/h1-3H,9H2;1-4H,8H2. The molecule has 2 rings (SSSR count). The number of hydrogen-bond donors (Lipinski definition) is 2. The molecule has 0 aromatic heterocycles. The summed E-state index contributed by atoms with van der Waals surface area (Å²) in [6, 6.07) is 12.1. The third-order valence-electron chi connectivity index (χ3n) is 1.81. The molecule has 0 spiro atoms. The molecule has 17 heavy (non-hydrogen) atoms. The maximum Gasteiger partial charge on any atom is 0.0636 e. The second-order valence-electron chi connectivity index (χ2n) is 3.22. The van der Waals surface area contributed by atoms with Gasteiger partial charge in [0.05, 0.1) is 10.7 Å². The van der Waals surface area contributed by atoms with Crippen LogP contribution in [0.25, 0.3) is 0 Å². The lowest BCUT2D eigenvalue weighted by Gasteiger charge is -1.95. The molecule has 5 heteroatoms. The highest BCUT2D eigenvalue weighted by molar-refractivity contribution is 6.35. The Morgan fingerprint density at radius 3 is 1.82 bits per heavy atom. The van der Waals surface area contributed by atoms with Gasteiger partial charge in [-0.2, -0.15) is 0 Å². The van der Waals surface area contributed by atoms with Crippen molar-refractivity contribution >= 4 is 46.2 Å². The van der Waals surface area contributed by atoms with Gasteiger partial charge >= 0.3 is 0 Å². The van der Waals surface area contributed by atoms with E-state index in [2.05, 4.69) is 0 Å². The van der Waals surface area contributed by atoms with Crippen molar-refractivity contribution in [1.29, 1.82) is 0 Å². The van der Waals surface area contributed by atoms with Crippen LogP contribution in [-0.2, 0) is 0 Å². The lowest BCUT2D eigenvalue weighted by Crippen LogP contribution is -1.83. The fourth-order valence-electron chi connectivity index (χ4n) is 1.02. The molecule has 0 radical (unpaired) electrons. The molecule has 0 aliphatic carbocycles. The topological polar surface area (TPSA) is 52.0 Å². The van der Waals surface area contributed by atoms with Gasteiger partial charge in [0.15, 0.2) is 0 Å². The van der Waals surface area contributed by atoms with Crippen LogP contribution in [0.1, 0.15) is 0 Å². The van der Waals surface area contributed by atoms with E-state index < -0.39 is 0 Å². The molecule has 0 bridgehead atoms. The second-order valence-corrected chi connectivity index (χ2v) is 4.50. The Hall–Kier alpha value is -1.09. The Morgan fingerprint density at radius 1 is 0.765 bits per heavy atom. The zero-order chi connectivity index (χ0) is 12.8. The van der Waals surface area contributed by atoms with Crippen LogP contribution in [0.2, 0.25) is 15.1 Å². The molecule has 0 saturated heterocycles. The summed E-state index contributed by atoms with van der Waals surface area (Å²) in [5, 5.41) is 1.83. The maximum absolute atomic E-state index is 5.60. The molecule has 90 valence electrons. The van der Waals surface area contributed by atoms with Crippen molar-refractivity contribution in [2.75, 3.05) is 11.5 Å². The van der Waals surface area contributed by atoms with Crippen LogP contribution in [0.3, 0.4) is 0 Å². The van der Waals surface area contributed by atoms with Crippen molar-refractivity contribution in [3.8, 4) is 0 Å². The Kier molecular flexibility index (Phi) is 5.42. The van der Waals surface area contributed by atoms with E-state index in [1.807, 2.05) is 6.07 Å². The molecule has 0 aliphatic rings. The zero-order valence-electron chi connectivity index (χ0n) is 8.83. The molecule has 4 N–H and O–H groups in total. The number of benzene rings is 2. The first-order valence-electron chi connectivity index (χ1n) is 4.70. The highest BCUT2D eigenvalue weighted by atomic mass is 35.5. The number of nitrogen functional groups attached to an aromatic ring is 2. The molecule has 0 fully saturated rings. The molecular weight excluding hydrogens is 279 g/mol. The van der Waals surface area contributed by atoms with E-state index in [0.717, 1.165) is 0 Å². The van der Waals surface area contributed by atoms with Crippen molar-refractivity contribution in [2.45, 2.75) is 0 Å². The summed E-state index contributed by atoms with van der Waals surface area (Å²) in [5.74, 6) is 0. The molecule has 0 atom stereocenters. The van der Waals surface area contributed by atoms with Crippen LogP contribution in [0.15, 0.2) is 42.5 Å². The highest BCUT2D eigenvalue weighted by Gasteiger charge is 1.93. The summed E-state index contributed by atoms with van der Waals surface area (Å²) in [6.45, 7) is 0. The van der Waals surface area contributed by atoms with E-state index in [1.54, 1.807) is 36.4 Å². The molecule has 0 heterocycles. The Bertz CT molecular complexity index is 484. The highest BCUT2D eigenvalue weighted by Crippen LogP contribution is 2.21. The number of anilines is 2. The fraction of sp³-hybridized carbons (Fsp3) is 0. The van der Waals surface area contributed by atoms with Crippen molar-refractivity contribution in [3.05, 3.63) is 57.5 Å². The van der Waals surface area contributed by atoms with Crippen molar-refractivity contribution < 1.29 is 0 Å². The van der Waals surface area contributed by atoms with Crippen LogP contribution < -0.4 is 11.5 Å². The van der Waals surface area contributed by atoms with E-state index in [0.29, 0.717) is 26.4 Å². The van der Waals surface area contributed by atoms with Gasteiger partial charge in [0, 0.05) is 15.7 Å². The number of rotatable bonds is 0. The van der Waals surface area contributed by atoms with Crippen LogP contribution in [0.4, 0.5) is 11.4 Å². The third kappa shape index (κ3) is 5.18. The van der Waals surface area contributed by atoms with E-state index in [4.69, 9.17) is 46.3 Å². The van der Waals surface area contributed by atoms with Crippen molar-refractivity contribution in [2.24, 2.45) is 0 Å².